The molecule has 15 heavy (non-hydrogen) atoms. The van der Waals surface area contributed by atoms with Crippen molar-refractivity contribution >= 4 is 21.6 Å². The Morgan fingerprint density at radius 3 is 2.80 bits per heavy atom. The Hall–Kier alpha value is -0.540. The maximum Gasteiger partial charge on any atom is 0.0405 e. The van der Waals surface area contributed by atoms with Crippen LogP contribution in [-0.4, -0.2) is 26.7 Å². The van der Waals surface area contributed by atoms with Gasteiger partial charge in [-0.3, -0.25) is 0 Å². The summed E-state index contributed by atoms with van der Waals surface area (Å²) in [5.74, 6) is 0. The Morgan fingerprint density at radius 2 is 2.13 bits per heavy atom. The third-order valence-corrected chi connectivity index (χ3v) is 2.95. The highest BCUT2D eigenvalue weighted by molar-refractivity contribution is 9.10. The maximum atomic E-state index is 3.50. The van der Waals surface area contributed by atoms with Crippen LogP contribution in [-0.2, 0) is 0 Å². The molecule has 0 aliphatic heterocycles. The average molecular weight is 271 g/mol. The van der Waals surface area contributed by atoms with Gasteiger partial charge in [-0.05, 0) is 31.2 Å². The molecule has 0 saturated carbocycles. The Bertz CT molecular complexity index is 312. The van der Waals surface area contributed by atoms with Gasteiger partial charge in [0.25, 0.3) is 0 Å². The van der Waals surface area contributed by atoms with Crippen molar-refractivity contribution in [3.63, 3.8) is 0 Å². The molecule has 2 nitrogen and oxygen atoms in total. The summed E-state index contributed by atoms with van der Waals surface area (Å²) in [4.78, 5) is 2.28. The highest BCUT2D eigenvalue weighted by atomic mass is 79.9. The first-order valence-electron chi connectivity index (χ1n) is 5.33. The fourth-order valence-corrected chi connectivity index (χ4v) is 1.89. The van der Waals surface area contributed by atoms with E-state index in [1.807, 2.05) is 0 Å². The molecule has 1 N–H and O–H groups in total. The fraction of sp³-hybridized carbons (Fsp3) is 0.500. The van der Waals surface area contributed by atoms with Crippen LogP contribution in [0.4, 0.5) is 5.69 Å². The van der Waals surface area contributed by atoms with Gasteiger partial charge in [-0.2, -0.15) is 0 Å². The monoisotopic (exact) mass is 270 g/mol. The van der Waals surface area contributed by atoms with Crippen molar-refractivity contribution in [1.29, 1.82) is 0 Å². The molecule has 0 aliphatic carbocycles. The van der Waals surface area contributed by atoms with Gasteiger partial charge >= 0.3 is 0 Å². The Kier molecular flexibility index (Phi) is 5.12. The van der Waals surface area contributed by atoms with E-state index in [-0.39, 0.29) is 0 Å². The van der Waals surface area contributed by atoms with E-state index in [1.54, 1.807) is 0 Å². The lowest BCUT2D eigenvalue weighted by Crippen LogP contribution is -2.29. The second-order valence-corrected chi connectivity index (χ2v) is 4.62. The van der Waals surface area contributed by atoms with Crippen LogP contribution in [0.1, 0.15) is 12.5 Å². The molecule has 0 aliphatic rings. The van der Waals surface area contributed by atoms with Crippen molar-refractivity contribution < 1.29 is 0 Å². The van der Waals surface area contributed by atoms with Crippen LogP contribution in [0.5, 0.6) is 0 Å². The number of benzene rings is 1. The number of rotatable bonds is 5. The minimum atomic E-state index is 1.03. The molecular weight excluding hydrogens is 252 g/mol. The predicted octanol–water partition coefficient (Wildman–Crippen LogP) is 2.80. The van der Waals surface area contributed by atoms with Gasteiger partial charge in [0.15, 0.2) is 0 Å². The first-order chi connectivity index (χ1) is 7.15. The average Bonchev–Trinajstić information content (AvgIpc) is 2.22. The number of halogens is 1. The molecule has 0 amide bonds. The first-order valence-corrected chi connectivity index (χ1v) is 6.12. The summed E-state index contributed by atoms with van der Waals surface area (Å²) >= 11 is 3.50. The molecule has 0 bridgehead atoms. The molecule has 84 valence electrons. The lowest BCUT2D eigenvalue weighted by molar-refractivity contribution is 0.705. The fourth-order valence-electron chi connectivity index (χ4n) is 1.54. The lowest BCUT2D eigenvalue weighted by Gasteiger charge is -2.21. The topological polar surface area (TPSA) is 15.3 Å². The normalized spacial score (nSPS) is 10.4. The quantitative estimate of drug-likeness (QED) is 0.828. The largest absolute Gasteiger partial charge is 0.373 e. The minimum Gasteiger partial charge on any atom is -0.373 e. The summed E-state index contributed by atoms with van der Waals surface area (Å²) in [6.45, 7) is 7.37. The van der Waals surface area contributed by atoms with E-state index in [0.717, 1.165) is 24.1 Å². The standard InChI is InChI=1S/C12H19BrN2/c1-4-14-7-8-15(3)12-9-11(13)6-5-10(12)2/h5-6,9,14H,4,7-8H2,1-3H3. The van der Waals surface area contributed by atoms with Gasteiger partial charge in [0.2, 0.25) is 0 Å². The molecule has 0 atom stereocenters. The number of nitrogens with zero attached hydrogens (tertiary/aromatic N) is 1. The molecule has 1 aromatic carbocycles. The number of hydrogen-bond donors (Lipinski definition) is 1. The molecule has 3 heteroatoms. The zero-order valence-corrected chi connectivity index (χ0v) is 11.3. The third kappa shape index (κ3) is 3.84. The summed E-state index contributed by atoms with van der Waals surface area (Å²) in [5, 5.41) is 3.33. The number of hydrogen-bond acceptors (Lipinski definition) is 2. The second kappa shape index (κ2) is 6.13. The van der Waals surface area contributed by atoms with Crippen LogP contribution >= 0.6 is 15.9 Å². The van der Waals surface area contributed by atoms with Crippen molar-refractivity contribution in [3.8, 4) is 0 Å². The molecule has 1 rings (SSSR count). The summed E-state index contributed by atoms with van der Waals surface area (Å²) in [7, 11) is 2.13. The van der Waals surface area contributed by atoms with E-state index in [4.69, 9.17) is 0 Å². The predicted molar refractivity (Wildman–Crippen MR) is 70.7 cm³/mol. The molecule has 0 unspecified atom stereocenters. The van der Waals surface area contributed by atoms with Crippen molar-refractivity contribution in [2.45, 2.75) is 13.8 Å². The number of aryl methyl sites for hydroxylation is 1. The van der Waals surface area contributed by atoms with Gasteiger partial charge in [-0.15, -0.1) is 0 Å². The van der Waals surface area contributed by atoms with E-state index in [9.17, 15) is 0 Å². The summed E-state index contributed by atoms with van der Waals surface area (Å²) < 4.78 is 1.14. The van der Waals surface area contributed by atoms with Crippen LogP contribution in [0.25, 0.3) is 0 Å². The van der Waals surface area contributed by atoms with Gasteiger partial charge in [0.1, 0.15) is 0 Å². The summed E-state index contributed by atoms with van der Waals surface area (Å²) in [6, 6.07) is 6.39. The van der Waals surface area contributed by atoms with Crippen molar-refractivity contribution in [2.75, 3.05) is 31.6 Å². The maximum absolute atomic E-state index is 3.50. The van der Waals surface area contributed by atoms with Crippen molar-refractivity contribution in [1.82, 2.24) is 5.32 Å². The SMILES string of the molecule is CCNCCN(C)c1cc(Br)ccc1C. The Labute approximate surface area is 101 Å². The summed E-state index contributed by atoms with van der Waals surface area (Å²) in [6.07, 6.45) is 0. The van der Waals surface area contributed by atoms with Crippen LogP contribution in [0.15, 0.2) is 22.7 Å². The molecule has 0 fully saturated rings. The number of likely N-dealkylation sites (N-methyl/N-ethyl adjacent to an activating group) is 2. The molecule has 1 aromatic rings. The second-order valence-electron chi connectivity index (χ2n) is 3.71. The van der Waals surface area contributed by atoms with Gasteiger partial charge < -0.3 is 10.2 Å². The van der Waals surface area contributed by atoms with E-state index in [0.29, 0.717) is 0 Å². The van der Waals surface area contributed by atoms with Gasteiger partial charge in [-0.1, -0.05) is 28.9 Å². The van der Waals surface area contributed by atoms with E-state index >= 15 is 0 Å². The van der Waals surface area contributed by atoms with Crippen LogP contribution < -0.4 is 10.2 Å². The van der Waals surface area contributed by atoms with Crippen LogP contribution in [0, 0.1) is 6.92 Å². The highest BCUT2D eigenvalue weighted by Crippen LogP contribution is 2.23. The Morgan fingerprint density at radius 1 is 1.40 bits per heavy atom. The molecule has 0 radical (unpaired) electrons. The molecular formula is C12H19BrN2. The first kappa shape index (κ1) is 12.5. The van der Waals surface area contributed by atoms with Crippen LogP contribution in [0.3, 0.4) is 0 Å². The van der Waals surface area contributed by atoms with E-state index in [1.165, 1.54) is 11.3 Å². The molecule has 0 heterocycles. The number of anilines is 1. The molecule has 0 saturated heterocycles. The minimum absolute atomic E-state index is 1.03. The highest BCUT2D eigenvalue weighted by Gasteiger charge is 2.04. The zero-order valence-electron chi connectivity index (χ0n) is 9.68. The van der Waals surface area contributed by atoms with Crippen molar-refractivity contribution in [3.05, 3.63) is 28.2 Å². The zero-order chi connectivity index (χ0) is 11.3. The Balaban J connectivity index is 2.64. The smallest absolute Gasteiger partial charge is 0.0405 e. The third-order valence-electron chi connectivity index (χ3n) is 2.46. The van der Waals surface area contributed by atoms with Gasteiger partial charge in [0, 0.05) is 30.3 Å². The van der Waals surface area contributed by atoms with Gasteiger partial charge in [-0.25, -0.2) is 0 Å². The summed E-state index contributed by atoms with van der Waals surface area (Å²) in [5.41, 5.74) is 2.61. The van der Waals surface area contributed by atoms with E-state index < -0.39 is 0 Å². The lowest BCUT2D eigenvalue weighted by atomic mass is 10.2. The van der Waals surface area contributed by atoms with Crippen LogP contribution in [0.2, 0.25) is 0 Å². The number of nitrogens with one attached hydrogen (secondary N) is 1. The molecule has 0 spiro atoms. The van der Waals surface area contributed by atoms with Gasteiger partial charge in [0.05, 0.1) is 0 Å². The molecule has 0 aromatic heterocycles. The van der Waals surface area contributed by atoms with Crippen molar-refractivity contribution in [2.24, 2.45) is 0 Å². The van der Waals surface area contributed by atoms with E-state index in [2.05, 4.69) is 65.2 Å².